The number of H-pyrrole nitrogens is 1. The number of phenols is 1. The van der Waals surface area contributed by atoms with Gasteiger partial charge in [0.15, 0.2) is 0 Å². The van der Waals surface area contributed by atoms with Crippen LogP contribution in [0.2, 0.25) is 0 Å². The Kier molecular flexibility index (Phi) is 4.33. The van der Waals surface area contributed by atoms with Gasteiger partial charge in [-0.05, 0) is 34.8 Å². The monoisotopic (exact) mass is 312 g/mol. The minimum Gasteiger partial charge on any atom is -0.507 e. The van der Waals surface area contributed by atoms with Gasteiger partial charge < -0.3 is 14.8 Å². The van der Waals surface area contributed by atoms with Crippen molar-refractivity contribution in [2.75, 3.05) is 13.2 Å². The summed E-state index contributed by atoms with van der Waals surface area (Å²) in [5, 5.41) is 9.76. The van der Waals surface area contributed by atoms with Crippen molar-refractivity contribution in [3.8, 4) is 5.75 Å². The van der Waals surface area contributed by atoms with Crippen LogP contribution in [-0.4, -0.2) is 28.3 Å². The molecule has 0 saturated carbocycles. The van der Waals surface area contributed by atoms with Crippen LogP contribution in [0.1, 0.15) is 12.8 Å². The molecule has 0 amide bonds. The molecular weight excluding hydrogens is 300 g/mol. The van der Waals surface area contributed by atoms with Crippen LogP contribution in [0.25, 0.3) is 10.9 Å². The fourth-order valence-corrected chi connectivity index (χ4v) is 1.93. The van der Waals surface area contributed by atoms with E-state index in [2.05, 4.69) is 25.9 Å². The average molecular weight is 313 g/mol. The molecule has 2 N–H and O–H groups in total. The second kappa shape index (κ2) is 5.97. The van der Waals surface area contributed by atoms with E-state index in [-0.39, 0.29) is 11.3 Å². The van der Waals surface area contributed by atoms with Crippen LogP contribution in [0.3, 0.4) is 0 Å². The first-order valence-corrected chi connectivity index (χ1v) is 6.41. The molecule has 6 heteroatoms. The Labute approximate surface area is 112 Å². The summed E-state index contributed by atoms with van der Waals surface area (Å²) in [7, 11) is 0. The molecule has 1 aliphatic heterocycles. The first-order chi connectivity index (χ1) is 8.68. The third-order valence-electron chi connectivity index (χ3n) is 2.54. The quantitative estimate of drug-likeness (QED) is 0.782. The van der Waals surface area contributed by atoms with Crippen molar-refractivity contribution in [3.63, 3.8) is 0 Å². The van der Waals surface area contributed by atoms with Crippen LogP contribution >= 0.6 is 15.9 Å². The highest BCUT2D eigenvalue weighted by atomic mass is 79.9. The third-order valence-corrected chi connectivity index (χ3v) is 3.17. The van der Waals surface area contributed by atoms with Crippen molar-refractivity contribution < 1.29 is 9.84 Å². The number of phenolic OH excluding ortho intramolecular Hbond substituents is 1. The van der Waals surface area contributed by atoms with Gasteiger partial charge in [0.2, 0.25) is 0 Å². The predicted molar refractivity (Wildman–Crippen MR) is 71.8 cm³/mol. The Hall–Kier alpha value is -1.40. The van der Waals surface area contributed by atoms with E-state index in [1.807, 2.05) is 0 Å². The second-order valence-electron chi connectivity index (χ2n) is 3.87. The standard InChI is InChI=1S/C8H5BrN2O2.C4H8O/c9-5-1-4-6(2-7(5)12)10-3-11-8(4)13;1-2-4-5-3-1/h1-3,12H,(H,10,11,13);1-4H2. The smallest absolute Gasteiger partial charge is 0.258 e. The summed E-state index contributed by atoms with van der Waals surface area (Å²) in [5.74, 6) is 0.0746. The molecule has 0 radical (unpaired) electrons. The first kappa shape index (κ1) is 13.0. The number of nitrogens with zero attached hydrogens (tertiary/aromatic N) is 1. The van der Waals surface area contributed by atoms with E-state index >= 15 is 0 Å². The van der Waals surface area contributed by atoms with Crippen LogP contribution in [0.5, 0.6) is 5.75 Å². The van der Waals surface area contributed by atoms with Crippen LogP contribution < -0.4 is 5.56 Å². The van der Waals surface area contributed by atoms with E-state index in [4.69, 9.17) is 4.74 Å². The maximum Gasteiger partial charge on any atom is 0.258 e. The lowest BCUT2D eigenvalue weighted by atomic mass is 10.2. The molecule has 0 aliphatic carbocycles. The number of fused-ring (bicyclic) bond motifs is 1. The number of nitrogens with one attached hydrogen (secondary N) is 1. The van der Waals surface area contributed by atoms with Gasteiger partial charge in [-0.25, -0.2) is 4.98 Å². The molecule has 18 heavy (non-hydrogen) atoms. The Balaban J connectivity index is 0.000000202. The number of ether oxygens (including phenoxy) is 1. The maximum absolute atomic E-state index is 11.2. The molecule has 1 saturated heterocycles. The fourth-order valence-electron chi connectivity index (χ4n) is 1.59. The summed E-state index contributed by atoms with van der Waals surface area (Å²) in [6.45, 7) is 2.00. The van der Waals surface area contributed by atoms with Crippen LogP contribution in [0.4, 0.5) is 0 Å². The van der Waals surface area contributed by atoms with Crippen molar-refractivity contribution in [2.24, 2.45) is 0 Å². The molecule has 2 heterocycles. The fraction of sp³-hybridized carbons (Fsp3) is 0.333. The Bertz CT molecular complexity index is 586. The van der Waals surface area contributed by atoms with Gasteiger partial charge in [0, 0.05) is 19.3 Å². The van der Waals surface area contributed by atoms with Crippen molar-refractivity contribution in [1.82, 2.24) is 9.97 Å². The maximum atomic E-state index is 11.2. The van der Waals surface area contributed by atoms with E-state index in [1.54, 1.807) is 0 Å². The van der Waals surface area contributed by atoms with Gasteiger partial charge >= 0.3 is 0 Å². The van der Waals surface area contributed by atoms with Gasteiger partial charge in [-0.2, -0.15) is 0 Å². The molecule has 0 atom stereocenters. The van der Waals surface area contributed by atoms with Crippen LogP contribution in [-0.2, 0) is 4.74 Å². The summed E-state index contributed by atoms with van der Waals surface area (Å²) in [4.78, 5) is 17.6. The zero-order chi connectivity index (χ0) is 13.0. The number of halogens is 1. The zero-order valence-corrected chi connectivity index (χ0v) is 11.2. The van der Waals surface area contributed by atoms with E-state index in [1.165, 1.54) is 31.3 Å². The zero-order valence-electron chi connectivity index (χ0n) is 9.65. The normalized spacial score (nSPS) is 14.3. The number of aromatic hydroxyl groups is 1. The van der Waals surface area contributed by atoms with Crippen LogP contribution in [0, 0.1) is 0 Å². The van der Waals surface area contributed by atoms with Gasteiger partial charge in [0.1, 0.15) is 5.75 Å². The van der Waals surface area contributed by atoms with Crippen LogP contribution in [0.15, 0.2) is 27.7 Å². The summed E-state index contributed by atoms with van der Waals surface area (Å²) in [6, 6.07) is 2.98. The second-order valence-corrected chi connectivity index (χ2v) is 4.73. The van der Waals surface area contributed by atoms with Gasteiger partial charge in [-0.1, -0.05) is 0 Å². The molecular formula is C12H13BrN2O3. The number of aromatic amines is 1. The highest BCUT2D eigenvalue weighted by Crippen LogP contribution is 2.26. The minimum atomic E-state index is -0.217. The van der Waals surface area contributed by atoms with Crippen molar-refractivity contribution >= 4 is 26.8 Å². The third kappa shape index (κ3) is 3.08. The van der Waals surface area contributed by atoms with Gasteiger partial charge in [-0.15, -0.1) is 0 Å². The highest BCUT2D eigenvalue weighted by Gasteiger charge is 2.04. The largest absolute Gasteiger partial charge is 0.507 e. The molecule has 96 valence electrons. The van der Waals surface area contributed by atoms with E-state index in [0.29, 0.717) is 15.4 Å². The highest BCUT2D eigenvalue weighted by molar-refractivity contribution is 9.10. The molecule has 5 nitrogen and oxygen atoms in total. The SMILES string of the molecule is C1CCOC1.O=c1[nH]cnc2cc(O)c(Br)cc12. The van der Waals surface area contributed by atoms with Gasteiger partial charge in [0.05, 0.1) is 21.7 Å². The summed E-state index contributed by atoms with van der Waals surface area (Å²) < 4.78 is 5.43. The predicted octanol–water partition coefficient (Wildman–Crippen LogP) is 2.19. The number of hydrogen-bond donors (Lipinski definition) is 2. The van der Waals surface area contributed by atoms with Crippen molar-refractivity contribution in [3.05, 3.63) is 33.3 Å². The Morgan fingerprint density at radius 2 is 2.06 bits per heavy atom. The molecule has 0 bridgehead atoms. The first-order valence-electron chi connectivity index (χ1n) is 5.62. The molecule has 1 aromatic heterocycles. The topological polar surface area (TPSA) is 75.2 Å². The Morgan fingerprint density at radius 3 is 2.67 bits per heavy atom. The Morgan fingerprint density at radius 1 is 1.33 bits per heavy atom. The van der Waals surface area contributed by atoms with Crippen molar-refractivity contribution in [2.45, 2.75) is 12.8 Å². The summed E-state index contributed by atoms with van der Waals surface area (Å²) in [6.07, 6.45) is 3.86. The number of aromatic nitrogens is 2. The molecule has 0 spiro atoms. The molecule has 3 rings (SSSR count). The lowest BCUT2D eigenvalue weighted by molar-refractivity contribution is 0.198. The summed E-state index contributed by atoms with van der Waals surface area (Å²) >= 11 is 3.12. The lowest BCUT2D eigenvalue weighted by Gasteiger charge is -1.98. The number of benzene rings is 1. The molecule has 1 aromatic carbocycles. The number of hydrogen-bond acceptors (Lipinski definition) is 4. The van der Waals surface area contributed by atoms with Crippen molar-refractivity contribution in [1.29, 1.82) is 0 Å². The molecule has 1 fully saturated rings. The van der Waals surface area contributed by atoms with E-state index in [0.717, 1.165) is 13.2 Å². The minimum absolute atomic E-state index is 0.0746. The van der Waals surface area contributed by atoms with E-state index < -0.39 is 0 Å². The molecule has 1 aliphatic rings. The van der Waals surface area contributed by atoms with E-state index in [9.17, 15) is 9.90 Å². The van der Waals surface area contributed by atoms with Gasteiger partial charge in [-0.3, -0.25) is 4.79 Å². The van der Waals surface area contributed by atoms with Gasteiger partial charge in [0.25, 0.3) is 5.56 Å². The lowest BCUT2D eigenvalue weighted by Crippen LogP contribution is -2.05. The number of rotatable bonds is 0. The molecule has 2 aromatic rings. The average Bonchev–Trinajstić information content (AvgIpc) is 2.91. The summed E-state index contributed by atoms with van der Waals surface area (Å²) in [5.41, 5.74) is 0.259. The molecule has 0 unspecified atom stereocenters.